The van der Waals surface area contributed by atoms with Crippen molar-refractivity contribution >= 4 is 17.5 Å². The highest BCUT2D eigenvalue weighted by molar-refractivity contribution is 6.04. The van der Waals surface area contributed by atoms with Gasteiger partial charge in [-0.1, -0.05) is 30.0 Å². The molecule has 9 heteroatoms. The van der Waals surface area contributed by atoms with Gasteiger partial charge < -0.3 is 15.3 Å². The summed E-state index contributed by atoms with van der Waals surface area (Å²) in [5.74, 6) is 1.90. The molecule has 2 heterocycles. The van der Waals surface area contributed by atoms with Crippen molar-refractivity contribution in [2.24, 2.45) is 0 Å². The molecule has 1 aromatic heterocycles. The topological polar surface area (TPSA) is 87.5 Å². The highest BCUT2D eigenvalue weighted by Crippen LogP contribution is 2.26. The van der Waals surface area contributed by atoms with Gasteiger partial charge in [0.1, 0.15) is 11.4 Å². The fourth-order valence-electron chi connectivity index (χ4n) is 4.42. The summed E-state index contributed by atoms with van der Waals surface area (Å²) in [6.45, 7) is 1.06. The molecule has 1 aliphatic rings. The minimum absolute atomic E-state index is 0.00965. The minimum Gasteiger partial charge on any atom is -0.505 e. The van der Waals surface area contributed by atoms with Gasteiger partial charge >= 0.3 is 0 Å². The van der Waals surface area contributed by atoms with Crippen LogP contribution in [0.1, 0.15) is 50.7 Å². The molecule has 5 rings (SSSR count). The lowest BCUT2D eigenvalue weighted by molar-refractivity contribution is 0.0689. The van der Waals surface area contributed by atoms with E-state index in [1.807, 2.05) is 42.5 Å². The van der Waals surface area contributed by atoms with Gasteiger partial charge in [0.15, 0.2) is 11.6 Å². The van der Waals surface area contributed by atoms with E-state index >= 15 is 0 Å². The summed E-state index contributed by atoms with van der Waals surface area (Å²) in [5.41, 5.74) is 1.73. The first-order chi connectivity index (χ1) is 18.9. The number of carbonyl (C=O) groups excluding carboxylic acids is 2. The van der Waals surface area contributed by atoms with Crippen LogP contribution in [0.2, 0.25) is 0 Å². The summed E-state index contributed by atoms with van der Waals surface area (Å²) in [4.78, 5) is 27.2. The summed E-state index contributed by atoms with van der Waals surface area (Å²) in [5, 5.41) is 16.1. The van der Waals surface area contributed by atoms with Crippen molar-refractivity contribution in [3.8, 4) is 17.6 Å². The van der Waals surface area contributed by atoms with Crippen LogP contribution in [-0.2, 0) is 0 Å². The summed E-state index contributed by atoms with van der Waals surface area (Å²) in [6.07, 6.45) is 4.26. The number of amides is 2. The van der Waals surface area contributed by atoms with Crippen molar-refractivity contribution < 1.29 is 23.5 Å². The van der Waals surface area contributed by atoms with Gasteiger partial charge in [-0.3, -0.25) is 14.3 Å². The lowest BCUT2D eigenvalue weighted by Gasteiger charge is -2.32. The van der Waals surface area contributed by atoms with Crippen LogP contribution in [0.5, 0.6) is 5.75 Å². The van der Waals surface area contributed by atoms with E-state index in [9.17, 15) is 23.5 Å². The number of aromatic nitrogens is 2. The molecular weight excluding hydrogens is 502 g/mol. The third-order valence-corrected chi connectivity index (χ3v) is 6.54. The molecule has 0 spiro atoms. The number of hydrogen-bond donors (Lipinski definition) is 2. The summed E-state index contributed by atoms with van der Waals surface area (Å²) in [7, 11) is 0. The number of aromatic hydroxyl groups is 1. The maximum absolute atomic E-state index is 14.0. The number of benzene rings is 3. The first-order valence-corrected chi connectivity index (χ1v) is 12.4. The van der Waals surface area contributed by atoms with E-state index in [0.717, 1.165) is 23.3 Å². The summed E-state index contributed by atoms with van der Waals surface area (Å²) in [6, 6.07) is 18.6. The van der Waals surface area contributed by atoms with E-state index in [0.29, 0.717) is 31.5 Å². The maximum atomic E-state index is 14.0. The molecule has 1 saturated heterocycles. The Morgan fingerprint density at radius 3 is 2.28 bits per heavy atom. The number of phenols is 1. The second-order valence-electron chi connectivity index (χ2n) is 9.14. The van der Waals surface area contributed by atoms with Crippen LogP contribution in [0.4, 0.5) is 14.5 Å². The second kappa shape index (κ2) is 11.2. The fraction of sp³-hybridized carbons (Fsp3) is 0.167. The Bertz CT molecular complexity index is 1570. The first kappa shape index (κ1) is 25.7. The molecule has 4 aromatic rings. The van der Waals surface area contributed by atoms with Crippen LogP contribution in [0, 0.1) is 23.5 Å². The largest absolute Gasteiger partial charge is 0.505 e. The van der Waals surface area contributed by atoms with E-state index in [-0.39, 0.29) is 17.6 Å². The lowest BCUT2D eigenvalue weighted by Crippen LogP contribution is -2.39. The van der Waals surface area contributed by atoms with Crippen LogP contribution in [0.3, 0.4) is 0 Å². The molecule has 2 amide bonds. The van der Waals surface area contributed by atoms with E-state index in [1.165, 1.54) is 6.20 Å². The molecule has 3 aromatic carbocycles. The summed E-state index contributed by atoms with van der Waals surface area (Å²) < 4.78 is 29.7. The van der Waals surface area contributed by atoms with Crippen molar-refractivity contribution in [3.05, 3.63) is 113 Å². The number of rotatable bonds is 4. The molecule has 2 N–H and O–H groups in total. The van der Waals surface area contributed by atoms with Gasteiger partial charge in [0.2, 0.25) is 0 Å². The monoisotopic (exact) mass is 526 g/mol. The predicted octanol–water partition coefficient (Wildman–Crippen LogP) is 5.00. The van der Waals surface area contributed by atoms with E-state index in [4.69, 9.17) is 0 Å². The highest BCUT2D eigenvalue weighted by Gasteiger charge is 2.26. The first-order valence-electron chi connectivity index (χ1n) is 12.4. The standard InChI is InChI=1S/C30H24F2N4O3/c31-25-12-13-26(37)28(32)27(25)29(38)34-23-18-33-36(19-23)24-14-16-35(17-15-24)30(39)22-10-8-21(9-11-22)7-6-20-4-2-1-3-5-20/h1-5,8-13,18-19,24,37H,14-17H2,(H,34,38). The molecule has 196 valence electrons. The van der Waals surface area contributed by atoms with Gasteiger partial charge in [0.05, 0.1) is 17.9 Å². The smallest absolute Gasteiger partial charge is 0.261 e. The quantitative estimate of drug-likeness (QED) is 0.367. The molecule has 0 radical (unpaired) electrons. The van der Waals surface area contributed by atoms with E-state index in [1.54, 1.807) is 27.9 Å². The molecule has 0 bridgehead atoms. The number of hydrogen-bond acceptors (Lipinski definition) is 4. The van der Waals surface area contributed by atoms with Crippen molar-refractivity contribution in [1.29, 1.82) is 0 Å². The van der Waals surface area contributed by atoms with Crippen LogP contribution in [-0.4, -0.2) is 44.7 Å². The number of anilines is 1. The molecule has 0 atom stereocenters. The Kier molecular flexibility index (Phi) is 7.37. The molecule has 7 nitrogen and oxygen atoms in total. The molecular formula is C30H24F2N4O3. The Balaban J connectivity index is 1.16. The molecule has 0 unspecified atom stereocenters. The van der Waals surface area contributed by atoms with Crippen molar-refractivity contribution in [3.63, 3.8) is 0 Å². The number of likely N-dealkylation sites (tertiary alicyclic amines) is 1. The number of nitrogens with one attached hydrogen (secondary N) is 1. The molecule has 1 aliphatic heterocycles. The van der Waals surface area contributed by atoms with Crippen LogP contribution in [0.15, 0.2) is 79.1 Å². The number of piperidine rings is 1. The second-order valence-corrected chi connectivity index (χ2v) is 9.14. The van der Waals surface area contributed by atoms with E-state index < -0.39 is 28.9 Å². The van der Waals surface area contributed by atoms with Crippen LogP contribution < -0.4 is 5.32 Å². The Morgan fingerprint density at radius 2 is 1.59 bits per heavy atom. The maximum Gasteiger partial charge on any atom is 0.261 e. The summed E-state index contributed by atoms with van der Waals surface area (Å²) >= 11 is 0. The zero-order chi connectivity index (χ0) is 27.4. The van der Waals surface area contributed by atoms with Crippen molar-refractivity contribution in [2.45, 2.75) is 18.9 Å². The third-order valence-electron chi connectivity index (χ3n) is 6.54. The van der Waals surface area contributed by atoms with E-state index in [2.05, 4.69) is 22.3 Å². The zero-order valence-corrected chi connectivity index (χ0v) is 20.8. The number of phenolic OH excluding ortho intramolecular Hbond substituents is 1. The average molecular weight is 527 g/mol. The Morgan fingerprint density at radius 1 is 0.923 bits per heavy atom. The van der Waals surface area contributed by atoms with Gasteiger partial charge in [0.25, 0.3) is 11.8 Å². The Hall–Kier alpha value is -4.97. The predicted molar refractivity (Wildman–Crippen MR) is 141 cm³/mol. The van der Waals surface area contributed by atoms with Crippen molar-refractivity contribution in [1.82, 2.24) is 14.7 Å². The van der Waals surface area contributed by atoms with Crippen LogP contribution in [0.25, 0.3) is 0 Å². The highest BCUT2D eigenvalue weighted by atomic mass is 19.1. The average Bonchev–Trinajstić information content (AvgIpc) is 3.43. The van der Waals surface area contributed by atoms with Crippen LogP contribution >= 0.6 is 0 Å². The zero-order valence-electron chi connectivity index (χ0n) is 20.8. The minimum atomic E-state index is -1.33. The number of halogens is 2. The van der Waals surface area contributed by atoms with Gasteiger partial charge in [-0.25, -0.2) is 8.78 Å². The number of nitrogens with zero attached hydrogens (tertiary/aromatic N) is 3. The lowest BCUT2D eigenvalue weighted by atomic mass is 10.0. The van der Waals surface area contributed by atoms with Gasteiger partial charge in [-0.15, -0.1) is 0 Å². The third kappa shape index (κ3) is 5.80. The van der Waals surface area contributed by atoms with Crippen molar-refractivity contribution in [2.75, 3.05) is 18.4 Å². The SMILES string of the molecule is O=C(Nc1cnn(C2CCN(C(=O)c3ccc(C#Cc4ccccc4)cc3)CC2)c1)c1c(F)ccc(O)c1F. The molecule has 1 fully saturated rings. The molecule has 0 saturated carbocycles. The molecule has 39 heavy (non-hydrogen) atoms. The Labute approximate surface area is 223 Å². The number of carbonyl (C=O) groups is 2. The molecule has 0 aliphatic carbocycles. The normalized spacial score (nSPS) is 13.4. The van der Waals surface area contributed by atoms with Gasteiger partial charge in [-0.05, 0) is 61.4 Å². The van der Waals surface area contributed by atoms with Gasteiger partial charge in [-0.2, -0.15) is 5.10 Å². The van der Waals surface area contributed by atoms with Gasteiger partial charge in [0, 0.05) is 36.0 Å². The fourth-order valence-corrected chi connectivity index (χ4v) is 4.42.